The van der Waals surface area contributed by atoms with E-state index < -0.39 is 0 Å². The number of anilines is 1. The second-order valence-corrected chi connectivity index (χ2v) is 6.68. The lowest BCUT2D eigenvalue weighted by molar-refractivity contribution is 0.0936. The van der Waals surface area contributed by atoms with Crippen LogP contribution in [0.25, 0.3) is 0 Å². The van der Waals surface area contributed by atoms with Crippen molar-refractivity contribution < 1.29 is 4.79 Å². The van der Waals surface area contributed by atoms with Gasteiger partial charge in [0, 0.05) is 22.2 Å². The van der Waals surface area contributed by atoms with Crippen molar-refractivity contribution in [3.8, 4) is 0 Å². The number of aromatic nitrogens is 2. The van der Waals surface area contributed by atoms with Crippen molar-refractivity contribution in [2.75, 3.05) is 5.73 Å². The van der Waals surface area contributed by atoms with Gasteiger partial charge in [0.15, 0.2) is 5.69 Å². The van der Waals surface area contributed by atoms with Crippen molar-refractivity contribution in [1.82, 2.24) is 15.5 Å². The fraction of sp³-hybridized carbons (Fsp3) is 0.467. The number of aromatic amines is 1. The average molecular weight is 306 g/mol. The van der Waals surface area contributed by atoms with Crippen molar-refractivity contribution in [3.05, 3.63) is 33.3 Å². The summed E-state index contributed by atoms with van der Waals surface area (Å²) in [6.07, 6.45) is 2.58. The molecule has 0 aliphatic heterocycles. The van der Waals surface area contributed by atoms with Gasteiger partial charge in [0.05, 0.1) is 11.4 Å². The number of nitrogens with two attached hydrogens (primary N) is 1. The van der Waals surface area contributed by atoms with Crippen LogP contribution in [0.5, 0.6) is 0 Å². The van der Waals surface area contributed by atoms with Gasteiger partial charge in [-0.15, -0.1) is 11.3 Å². The molecule has 0 spiro atoms. The summed E-state index contributed by atoms with van der Waals surface area (Å²) in [5, 5.41) is 9.84. The molecule has 1 unspecified atom stereocenters. The number of hydrogen-bond acceptors (Lipinski definition) is 4. The highest BCUT2D eigenvalue weighted by Gasteiger charge is 2.18. The van der Waals surface area contributed by atoms with Gasteiger partial charge >= 0.3 is 0 Å². The highest BCUT2D eigenvalue weighted by Crippen LogP contribution is 2.18. The third-order valence-electron chi connectivity index (χ3n) is 3.28. The first-order valence-electron chi connectivity index (χ1n) is 7.20. The molecule has 0 aliphatic rings. The Bertz CT molecular complexity index is 617. The summed E-state index contributed by atoms with van der Waals surface area (Å²) < 4.78 is 0. The van der Waals surface area contributed by atoms with Crippen molar-refractivity contribution >= 4 is 22.9 Å². The summed E-state index contributed by atoms with van der Waals surface area (Å²) in [7, 11) is 0. The number of carbonyl (C=O) groups excluding carboxylic acids is 1. The molecule has 2 aromatic rings. The molecular weight excluding hydrogens is 284 g/mol. The number of hydrogen-bond donors (Lipinski definition) is 3. The Morgan fingerprint density at radius 2 is 2.29 bits per heavy atom. The Morgan fingerprint density at radius 1 is 1.52 bits per heavy atom. The lowest BCUT2D eigenvalue weighted by Crippen LogP contribution is -2.34. The number of amides is 1. The minimum absolute atomic E-state index is 0.0428. The smallest absolute Gasteiger partial charge is 0.274 e. The largest absolute Gasteiger partial charge is 0.395 e. The van der Waals surface area contributed by atoms with E-state index in [1.54, 1.807) is 11.3 Å². The van der Waals surface area contributed by atoms with E-state index in [9.17, 15) is 4.79 Å². The van der Waals surface area contributed by atoms with Gasteiger partial charge < -0.3 is 11.1 Å². The Kier molecular flexibility index (Phi) is 5.01. The molecule has 0 fully saturated rings. The summed E-state index contributed by atoms with van der Waals surface area (Å²) in [6, 6.07) is 4.24. The number of carbonyl (C=O) groups is 1. The zero-order chi connectivity index (χ0) is 15.4. The molecule has 2 heterocycles. The van der Waals surface area contributed by atoms with Crippen molar-refractivity contribution in [3.63, 3.8) is 0 Å². The van der Waals surface area contributed by atoms with Crippen LogP contribution in [0.4, 0.5) is 5.69 Å². The van der Waals surface area contributed by atoms with Crippen LogP contribution in [-0.4, -0.2) is 22.1 Å². The molecule has 0 aliphatic carbocycles. The maximum absolute atomic E-state index is 12.2. The zero-order valence-corrected chi connectivity index (χ0v) is 13.5. The second kappa shape index (κ2) is 6.76. The quantitative estimate of drug-likeness (QED) is 0.767. The van der Waals surface area contributed by atoms with Gasteiger partial charge in [0.2, 0.25) is 0 Å². The van der Waals surface area contributed by atoms with Gasteiger partial charge in [0.1, 0.15) is 0 Å². The number of nitrogen functional groups attached to an aromatic ring is 1. The number of nitrogens with one attached hydrogen (secondary N) is 2. The summed E-state index contributed by atoms with van der Waals surface area (Å²) >= 11 is 1.76. The van der Waals surface area contributed by atoms with Crippen LogP contribution < -0.4 is 11.1 Å². The monoisotopic (exact) mass is 306 g/mol. The first-order chi connectivity index (χ1) is 10.0. The van der Waals surface area contributed by atoms with Crippen LogP contribution in [0.2, 0.25) is 0 Å². The van der Waals surface area contributed by atoms with E-state index >= 15 is 0 Å². The molecule has 114 valence electrons. The molecule has 0 bridgehead atoms. The zero-order valence-electron chi connectivity index (χ0n) is 12.7. The highest BCUT2D eigenvalue weighted by molar-refractivity contribution is 7.11. The maximum Gasteiger partial charge on any atom is 0.274 e. The normalized spacial score (nSPS) is 12.3. The number of aryl methyl sites for hydroxylation is 2. The topological polar surface area (TPSA) is 83.8 Å². The molecule has 2 aromatic heterocycles. The molecule has 1 amide bonds. The van der Waals surface area contributed by atoms with E-state index in [1.807, 2.05) is 6.92 Å². The SMILES string of the molecule is CCCc1[nH]nc(C(=O)NC(C)Cc2ccc(C)s2)c1N. The van der Waals surface area contributed by atoms with E-state index in [4.69, 9.17) is 5.73 Å². The molecule has 21 heavy (non-hydrogen) atoms. The van der Waals surface area contributed by atoms with Crippen LogP contribution in [0.3, 0.4) is 0 Å². The Balaban J connectivity index is 1.97. The summed E-state index contributed by atoms with van der Waals surface area (Å²) in [6.45, 7) is 6.13. The molecule has 0 radical (unpaired) electrons. The van der Waals surface area contributed by atoms with E-state index in [-0.39, 0.29) is 11.9 Å². The summed E-state index contributed by atoms with van der Waals surface area (Å²) in [5.41, 5.74) is 7.57. The molecule has 0 saturated carbocycles. The van der Waals surface area contributed by atoms with Crippen molar-refractivity contribution in [1.29, 1.82) is 0 Å². The predicted molar refractivity (Wildman–Crippen MR) is 86.7 cm³/mol. The van der Waals surface area contributed by atoms with Crippen LogP contribution in [0.15, 0.2) is 12.1 Å². The second-order valence-electron chi connectivity index (χ2n) is 5.31. The fourth-order valence-electron chi connectivity index (χ4n) is 2.24. The van der Waals surface area contributed by atoms with Gasteiger partial charge in [-0.2, -0.15) is 5.10 Å². The van der Waals surface area contributed by atoms with Gasteiger partial charge in [-0.3, -0.25) is 9.89 Å². The standard InChI is InChI=1S/C15H22N4OS/c1-4-5-12-13(16)14(19-18-12)15(20)17-9(2)8-11-7-6-10(3)21-11/h6-7,9H,4-5,8,16H2,1-3H3,(H,17,20)(H,18,19). The number of rotatable bonds is 6. The van der Waals surface area contributed by atoms with Crippen LogP contribution in [-0.2, 0) is 12.8 Å². The van der Waals surface area contributed by atoms with Gasteiger partial charge in [-0.05, 0) is 32.4 Å². The maximum atomic E-state index is 12.2. The number of thiophene rings is 1. The van der Waals surface area contributed by atoms with Crippen molar-refractivity contribution in [2.45, 2.75) is 46.1 Å². The highest BCUT2D eigenvalue weighted by atomic mass is 32.1. The average Bonchev–Trinajstić information content (AvgIpc) is 2.97. The molecule has 6 heteroatoms. The van der Waals surface area contributed by atoms with Gasteiger partial charge in [0.25, 0.3) is 5.91 Å². The van der Waals surface area contributed by atoms with E-state index in [2.05, 4.69) is 41.5 Å². The van der Waals surface area contributed by atoms with Gasteiger partial charge in [-0.25, -0.2) is 0 Å². The Morgan fingerprint density at radius 3 is 2.90 bits per heavy atom. The summed E-state index contributed by atoms with van der Waals surface area (Å²) in [4.78, 5) is 14.8. The number of nitrogens with zero attached hydrogens (tertiary/aromatic N) is 1. The van der Waals surface area contributed by atoms with Crippen LogP contribution in [0.1, 0.15) is 46.2 Å². The lowest BCUT2D eigenvalue weighted by Gasteiger charge is -2.12. The summed E-state index contributed by atoms with van der Waals surface area (Å²) in [5.74, 6) is -0.216. The van der Waals surface area contributed by atoms with E-state index in [0.29, 0.717) is 11.4 Å². The molecular formula is C15H22N4OS. The lowest BCUT2D eigenvalue weighted by atomic mass is 10.1. The third kappa shape index (κ3) is 3.85. The Hall–Kier alpha value is -1.82. The van der Waals surface area contributed by atoms with Gasteiger partial charge in [-0.1, -0.05) is 13.3 Å². The van der Waals surface area contributed by atoms with E-state index in [1.165, 1.54) is 9.75 Å². The molecule has 4 N–H and O–H groups in total. The third-order valence-corrected chi connectivity index (χ3v) is 4.30. The fourth-order valence-corrected chi connectivity index (χ4v) is 3.26. The van der Waals surface area contributed by atoms with Crippen LogP contribution >= 0.6 is 11.3 Å². The Labute approximate surface area is 128 Å². The molecule has 1 atom stereocenters. The first kappa shape index (κ1) is 15.6. The molecule has 2 rings (SSSR count). The molecule has 5 nitrogen and oxygen atoms in total. The number of H-pyrrole nitrogens is 1. The molecule has 0 saturated heterocycles. The predicted octanol–water partition coefficient (Wildman–Crippen LogP) is 2.68. The van der Waals surface area contributed by atoms with Crippen molar-refractivity contribution in [2.24, 2.45) is 0 Å². The van der Waals surface area contributed by atoms with Crippen LogP contribution in [0, 0.1) is 6.92 Å². The first-order valence-corrected chi connectivity index (χ1v) is 8.01. The molecule has 0 aromatic carbocycles. The van der Waals surface area contributed by atoms with E-state index in [0.717, 1.165) is 25.0 Å². The minimum atomic E-state index is -0.216. The minimum Gasteiger partial charge on any atom is -0.395 e.